The van der Waals surface area contributed by atoms with Crippen LogP contribution in [0.5, 0.6) is 0 Å². The predicted molar refractivity (Wildman–Crippen MR) is 71.8 cm³/mol. The Kier molecular flexibility index (Phi) is 8.88. The van der Waals surface area contributed by atoms with Gasteiger partial charge in [0.2, 0.25) is 5.91 Å². The molecular formula is C13H19F3N2O4. The van der Waals surface area contributed by atoms with Gasteiger partial charge < -0.3 is 15.8 Å². The number of alkyl carbamates (subject to hydrolysis) is 1. The second-order valence-corrected chi connectivity index (χ2v) is 4.44. The summed E-state index contributed by atoms with van der Waals surface area (Å²) in [6.45, 7) is 2.02. The van der Waals surface area contributed by atoms with Gasteiger partial charge in [0.1, 0.15) is 6.04 Å². The van der Waals surface area contributed by atoms with Gasteiger partial charge in [-0.2, -0.15) is 13.2 Å². The third-order valence-corrected chi connectivity index (χ3v) is 2.52. The van der Waals surface area contributed by atoms with Crippen LogP contribution in [0.15, 0.2) is 12.2 Å². The molecule has 0 spiro atoms. The zero-order valence-electron chi connectivity index (χ0n) is 12.1. The molecule has 1 unspecified atom stereocenters. The number of rotatable bonds is 9. The second-order valence-electron chi connectivity index (χ2n) is 4.44. The number of unbranched alkanes of at least 4 members (excludes halogenated alkanes) is 3. The van der Waals surface area contributed by atoms with Crippen LogP contribution in [0.25, 0.3) is 0 Å². The maximum absolute atomic E-state index is 12.4. The molecule has 126 valence electrons. The number of hydrogen-bond donors (Lipinski definition) is 2. The van der Waals surface area contributed by atoms with Gasteiger partial charge in [-0.3, -0.25) is 9.59 Å². The number of carbonyl (C=O) groups is 3. The van der Waals surface area contributed by atoms with Crippen molar-refractivity contribution < 1.29 is 32.3 Å². The first-order valence-electron chi connectivity index (χ1n) is 6.70. The van der Waals surface area contributed by atoms with Crippen molar-refractivity contribution in [2.75, 3.05) is 6.61 Å². The zero-order chi connectivity index (χ0) is 17.2. The molecule has 0 aromatic carbocycles. The van der Waals surface area contributed by atoms with Gasteiger partial charge in [-0.05, 0) is 12.5 Å². The van der Waals surface area contributed by atoms with Gasteiger partial charge >= 0.3 is 12.3 Å². The fourth-order valence-electron chi connectivity index (χ4n) is 1.43. The largest absolute Gasteiger partial charge is 0.452 e. The monoisotopic (exact) mass is 324 g/mol. The summed E-state index contributed by atoms with van der Waals surface area (Å²) in [6, 6.07) is -2.06. The van der Waals surface area contributed by atoms with Crippen molar-refractivity contribution in [3.05, 3.63) is 12.2 Å². The van der Waals surface area contributed by atoms with Crippen molar-refractivity contribution in [2.45, 2.75) is 44.8 Å². The quantitative estimate of drug-likeness (QED) is 0.499. The minimum Gasteiger partial charge on any atom is -0.450 e. The average Bonchev–Trinajstić information content (AvgIpc) is 2.41. The first kappa shape index (κ1) is 19.9. The van der Waals surface area contributed by atoms with Crippen LogP contribution in [-0.4, -0.2) is 36.6 Å². The summed E-state index contributed by atoms with van der Waals surface area (Å²) < 4.78 is 41.8. The van der Waals surface area contributed by atoms with Gasteiger partial charge in [0, 0.05) is 6.08 Å². The summed E-state index contributed by atoms with van der Waals surface area (Å²) in [7, 11) is 0. The highest BCUT2D eigenvalue weighted by molar-refractivity contribution is 5.95. The molecule has 3 N–H and O–H groups in total. The molecule has 0 bridgehead atoms. The Hall–Kier alpha value is -2.06. The standard InChI is InChI=1S/C13H19F3N2O4/c1-2-3-4-5-8-22-12(21)18-9(6-7-10(17)19)11(20)13(14,15)16/h6-7,9H,2-5,8H2,1H3,(H2,17,19)(H,18,21)/b7-6+. The second kappa shape index (κ2) is 9.80. The maximum atomic E-state index is 12.4. The van der Waals surface area contributed by atoms with Gasteiger partial charge in [0.15, 0.2) is 0 Å². The summed E-state index contributed by atoms with van der Waals surface area (Å²) in [5.74, 6) is -3.28. The molecule has 0 aliphatic heterocycles. The van der Waals surface area contributed by atoms with E-state index in [9.17, 15) is 27.6 Å². The molecule has 6 nitrogen and oxygen atoms in total. The smallest absolute Gasteiger partial charge is 0.450 e. The first-order valence-corrected chi connectivity index (χ1v) is 6.70. The van der Waals surface area contributed by atoms with Crippen LogP contribution in [0, 0.1) is 0 Å². The Morgan fingerprint density at radius 3 is 2.36 bits per heavy atom. The number of amides is 2. The molecule has 0 heterocycles. The molecule has 0 rings (SSSR count). The number of nitrogens with two attached hydrogens (primary N) is 1. The van der Waals surface area contributed by atoms with E-state index in [1.54, 1.807) is 5.32 Å². The molecule has 0 aliphatic rings. The third kappa shape index (κ3) is 8.98. The lowest BCUT2D eigenvalue weighted by atomic mass is 10.1. The minimum atomic E-state index is -5.17. The van der Waals surface area contributed by atoms with Crippen LogP contribution in [0.4, 0.5) is 18.0 Å². The van der Waals surface area contributed by atoms with Crippen LogP contribution in [0.1, 0.15) is 32.6 Å². The molecule has 0 aromatic rings. The van der Waals surface area contributed by atoms with Crippen molar-refractivity contribution in [1.29, 1.82) is 0 Å². The maximum Gasteiger partial charge on any atom is 0.452 e. The van der Waals surface area contributed by atoms with Crippen LogP contribution >= 0.6 is 0 Å². The van der Waals surface area contributed by atoms with Crippen LogP contribution < -0.4 is 11.1 Å². The minimum absolute atomic E-state index is 0.0261. The number of primary amides is 1. The lowest BCUT2D eigenvalue weighted by Gasteiger charge is -2.15. The van der Waals surface area contributed by atoms with E-state index < -0.39 is 30.0 Å². The first-order chi connectivity index (χ1) is 10.2. The summed E-state index contributed by atoms with van der Waals surface area (Å²) in [4.78, 5) is 33.0. The van der Waals surface area contributed by atoms with Gasteiger partial charge in [0.25, 0.3) is 5.78 Å². The van der Waals surface area contributed by atoms with E-state index in [2.05, 4.69) is 4.74 Å². The van der Waals surface area contributed by atoms with Crippen molar-refractivity contribution >= 4 is 17.8 Å². The number of nitrogens with one attached hydrogen (secondary N) is 1. The molecule has 0 aromatic heterocycles. The molecule has 0 radical (unpaired) electrons. The van der Waals surface area contributed by atoms with E-state index in [0.29, 0.717) is 18.6 Å². The molecule has 1 atom stereocenters. The Morgan fingerprint density at radius 1 is 1.23 bits per heavy atom. The van der Waals surface area contributed by atoms with Gasteiger partial charge in [-0.15, -0.1) is 0 Å². The summed E-state index contributed by atoms with van der Waals surface area (Å²) >= 11 is 0. The average molecular weight is 324 g/mol. The van der Waals surface area contributed by atoms with Crippen LogP contribution in [-0.2, 0) is 14.3 Å². The lowest BCUT2D eigenvalue weighted by Crippen LogP contribution is -2.46. The van der Waals surface area contributed by atoms with E-state index in [-0.39, 0.29) is 6.61 Å². The number of alkyl halides is 3. The number of carbonyl (C=O) groups excluding carboxylic acids is 3. The highest BCUT2D eigenvalue weighted by Crippen LogP contribution is 2.18. The van der Waals surface area contributed by atoms with E-state index in [4.69, 9.17) is 5.73 Å². The number of ether oxygens (including phenoxy) is 1. The van der Waals surface area contributed by atoms with Crippen molar-refractivity contribution in [3.8, 4) is 0 Å². The zero-order valence-corrected chi connectivity index (χ0v) is 12.1. The SMILES string of the molecule is CCCCCCOC(=O)NC(/C=C/C(N)=O)C(=O)C(F)(F)F. The van der Waals surface area contributed by atoms with Crippen LogP contribution in [0.3, 0.4) is 0 Å². The number of ketones is 1. The van der Waals surface area contributed by atoms with Gasteiger partial charge in [0.05, 0.1) is 6.61 Å². The topological polar surface area (TPSA) is 98.5 Å². The summed E-state index contributed by atoms with van der Waals surface area (Å²) in [5, 5.41) is 1.74. The molecule has 0 fully saturated rings. The van der Waals surface area contributed by atoms with E-state index in [0.717, 1.165) is 19.3 Å². The molecular weight excluding hydrogens is 305 g/mol. The molecule has 2 amide bonds. The molecule has 0 saturated heterocycles. The summed E-state index contributed by atoms with van der Waals surface area (Å²) in [5.41, 5.74) is 4.75. The Bertz CT molecular complexity index is 422. The van der Waals surface area contributed by atoms with Gasteiger partial charge in [-0.1, -0.05) is 26.2 Å². The highest BCUT2D eigenvalue weighted by Gasteiger charge is 2.43. The van der Waals surface area contributed by atoms with Crippen LogP contribution in [0.2, 0.25) is 0 Å². The Labute approximate surface area is 125 Å². The number of hydrogen-bond acceptors (Lipinski definition) is 4. The van der Waals surface area contributed by atoms with E-state index >= 15 is 0 Å². The lowest BCUT2D eigenvalue weighted by molar-refractivity contribution is -0.171. The van der Waals surface area contributed by atoms with Gasteiger partial charge in [-0.25, -0.2) is 4.79 Å². The van der Waals surface area contributed by atoms with E-state index in [1.165, 1.54) is 0 Å². The van der Waals surface area contributed by atoms with E-state index in [1.807, 2.05) is 6.92 Å². The highest BCUT2D eigenvalue weighted by atomic mass is 19.4. The van der Waals surface area contributed by atoms with Crippen molar-refractivity contribution in [1.82, 2.24) is 5.32 Å². The molecule has 0 saturated carbocycles. The normalized spacial score (nSPS) is 12.9. The molecule has 22 heavy (non-hydrogen) atoms. The number of halogens is 3. The number of Topliss-reactive ketones (excluding diaryl/α,β-unsaturated/α-hetero) is 1. The van der Waals surface area contributed by atoms with Crippen molar-refractivity contribution in [2.24, 2.45) is 5.73 Å². The Morgan fingerprint density at radius 2 is 1.86 bits per heavy atom. The third-order valence-electron chi connectivity index (χ3n) is 2.52. The Balaban J connectivity index is 4.54. The van der Waals surface area contributed by atoms with Crippen molar-refractivity contribution in [3.63, 3.8) is 0 Å². The fourth-order valence-corrected chi connectivity index (χ4v) is 1.43. The summed E-state index contributed by atoms with van der Waals surface area (Å²) in [6.07, 6.45) is -1.90. The molecule has 0 aliphatic carbocycles. The molecule has 9 heteroatoms. The fraction of sp³-hybridized carbons (Fsp3) is 0.615. The predicted octanol–water partition coefficient (Wildman–Crippen LogP) is 1.83.